The minimum Gasteiger partial charge on any atom is -0.309 e. The van der Waals surface area contributed by atoms with Gasteiger partial charge < -0.3 is 4.98 Å². The minimum absolute atomic E-state index is 0.0554. The van der Waals surface area contributed by atoms with Crippen molar-refractivity contribution in [2.75, 3.05) is 0 Å². The summed E-state index contributed by atoms with van der Waals surface area (Å²) in [6, 6.07) is 8.24. The normalized spacial score (nSPS) is 10.5. The lowest BCUT2D eigenvalue weighted by molar-refractivity contribution is 0.909. The fourth-order valence-electron chi connectivity index (χ4n) is 1.61. The monoisotopic (exact) mass is 340 g/mol. The molecule has 0 saturated carbocycles. The van der Waals surface area contributed by atoms with Gasteiger partial charge in [-0.1, -0.05) is 29.8 Å². The third-order valence-electron chi connectivity index (χ3n) is 2.57. The van der Waals surface area contributed by atoms with E-state index in [0.29, 0.717) is 9.99 Å². The van der Waals surface area contributed by atoms with Gasteiger partial charge in [-0.3, -0.25) is 4.79 Å². The molecule has 0 radical (unpaired) electrons. The van der Waals surface area contributed by atoms with Crippen LogP contribution < -0.4 is 5.56 Å². The van der Waals surface area contributed by atoms with Gasteiger partial charge in [-0.15, -0.1) is 0 Å². The lowest BCUT2D eigenvalue weighted by Crippen LogP contribution is -2.16. The van der Waals surface area contributed by atoms with Crippen LogP contribution in [-0.4, -0.2) is 9.97 Å². The largest absolute Gasteiger partial charge is 0.309 e. The number of rotatable bonds is 2. The number of nitrogens with zero attached hydrogens (tertiary/aromatic N) is 1. The maximum absolute atomic E-state index is 11.6. The number of aromatic amines is 1. The number of H-pyrrole nitrogens is 1. The van der Waals surface area contributed by atoms with E-state index in [4.69, 9.17) is 0 Å². The molecule has 0 aliphatic carbocycles. The molecule has 88 valence electrons. The van der Waals surface area contributed by atoms with Gasteiger partial charge in [0, 0.05) is 6.42 Å². The highest BCUT2D eigenvalue weighted by molar-refractivity contribution is 14.1. The Morgan fingerprint density at radius 2 is 1.88 bits per heavy atom. The highest BCUT2D eigenvalue weighted by atomic mass is 127. The van der Waals surface area contributed by atoms with E-state index in [0.717, 1.165) is 17.1 Å². The van der Waals surface area contributed by atoms with Gasteiger partial charge in [-0.25, -0.2) is 4.98 Å². The molecule has 0 spiro atoms. The molecule has 2 rings (SSSR count). The van der Waals surface area contributed by atoms with Gasteiger partial charge in [0.25, 0.3) is 5.56 Å². The average Bonchev–Trinajstić information content (AvgIpc) is 2.29. The van der Waals surface area contributed by atoms with Gasteiger partial charge in [0.1, 0.15) is 5.82 Å². The molecule has 0 unspecified atom stereocenters. The summed E-state index contributed by atoms with van der Waals surface area (Å²) in [7, 11) is 0. The highest BCUT2D eigenvalue weighted by Crippen LogP contribution is 2.08. The lowest BCUT2D eigenvalue weighted by Gasteiger charge is -2.04. The third-order valence-corrected chi connectivity index (χ3v) is 3.84. The van der Waals surface area contributed by atoms with Gasteiger partial charge in [0.2, 0.25) is 0 Å². The number of hydrogen-bond donors (Lipinski definition) is 1. The molecule has 0 aliphatic heterocycles. The van der Waals surface area contributed by atoms with Crippen LogP contribution in [0.4, 0.5) is 0 Å². The highest BCUT2D eigenvalue weighted by Gasteiger charge is 2.05. The fraction of sp³-hybridized carbons (Fsp3) is 0.231. The summed E-state index contributed by atoms with van der Waals surface area (Å²) in [5.41, 5.74) is 3.12. The maximum Gasteiger partial charge on any atom is 0.264 e. The van der Waals surface area contributed by atoms with Gasteiger partial charge in [0.05, 0.1) is 9.26 Å². The van der Waals surface area contributed by atoms with Crippen LogP contribution in [-0.2, 0) is 6.42 Å². The molecule has 0 saturated heterocycles. The summed E-state index contributed by atoms with van der Waals surface area (Å²) in [6.07, 6.45) is 0.660. The van der Waals surface area contributed by atoms with Crippen molar-refractivity contribution in [3.05, 3.63) is 60.8 Å². The van der Waals surface area contributed by atoms with Crippen LogP contribution in [0.25, 0.3) is 0 Å². The number of halogens is 1. The van der Waals surface area contributed by atoms with Crippen molar-refractivity contribution >= 4 is 22.6 Å². The Morgan fingerprint density at radius 3 is 2.47 bits per heavy atom. The van der Waals surface area contributed by atoms with Gasteiger partial charge in [-0.2, -0.15) is 0 Å². The molecule has 1 heterocycles. The van der Waals surface area contributed by atoms with Gasteiger partial charge in [-0.05, 0) is 42.0 Å². The Kier molecular flexibility index (Phi) is 3.61. The van der Waals surface area contributed by atoms with Crippen LogP contribution in [0.3, 0.4) is 0 Å². The number of benzene rings is 1. The molecule has 0 aliphatic rings. The minimum atomic E-state index is -0.0554. The third kappa shape index (κ3) is 2.94. The topological polar surface area (TPSA) is 45.8 Å². The van der Waals surface area contributed by atoms with Crippen LogP contribution in [0.15, 0.2) is 29.1 Å². The van der Waals surface area contributed by atoms with E-state index in [1.54, 1.807) is 0 Å². The summed E-state index contributed by atoms with van der Waals surface area (Å²) in [6.45, 7) is 3.91. The van der Waals surface area contributed by atoms with Crippen molar-refractivity contribution in [2.24, 2.45) is 0 Å². The SMILES string of the molecule is Cc1ccc(Cc2nc(C)c(I)c(=O)[nH]2)cc1. The van der Waals surface area contributed by atoms with Crippen LogP contribution in [0, 0.1) is 17.4 Å². The summed E-state index contributed by atoms with van der Waals surface area (Å²) in [5.74, 6) is 0.719. The first-order valence-corrected chi connectivity index (χ1v) is 6.45. The Hall–Kier alpha value is -1.17. The molecule has 1 aromatic heterocycles. The summed E-state index contributed by atoms with van der Waals surface area (Å²) in [5, 5.41) is 0. The van der Waals surface area contributed by atoms with E-state index >= 15 is 0 Å². The zero-order valence-corrected chi connectivity index (χ0v) is 11.9. The van der Waals surface area contributed by atoms with Crippen molar-refractivity contribution in [1.82, 2.24) is 9.97 Å². The molecule has 17 heavy (non-hydrogen) atoms. The molecule has 3 nitrogen and oxygen atoms in total. The second-order valence-electron chi connectivity index (χ2n) is 4.07. The second-order valence-corrected chi connectivity index (χ2v) is 5.15. The first-order valence-electron chi connectivity index (χ1n) is 5.37. The van der Waals surface area contributed by atoms with E-state index in [1.165, 1.54) is 5.56 Å². The predicted octanol–water partition coefficient (Wildman–Crippen LogP) is 2.58. The van der Waals surface area contributed by atoms with Crippen molar-refractivity contribution < 1.29 is 0 Å². The maximum atomic E-state index is 11.6. The van der Waals surface area contributed by atoms with Gasteiger partial charge in [0.15, 0.2) is 0 Å². The zero-order valence-electron chi connectivity index (χ0n) is 9.75. The van der Waals surface area contributed by atoms with Crippen LogP contribution in [0.1, 0.15) is 22.6 Å². The standard InChI is InChI=1S/C13H13IN2O/c1-8-3-5-10(6-4-8)7-11-15-9(2)12(14)13(17)16-11/h3-6H,7H2,1-2H3,(H,15,16,17). The van der Waals surface area contributed by atoms with Crippen LogP contribution >= 0.6 is 22.6 Å². The smallest absolute Gasteiger partial charge is 0.264 e. The molecular weight excluding hydrogens is 327 g/mol. The van der Waals surface area contributed by atoms with Crippen molar-refractivity contribution in [3.63, 3.8) is 0 Å². The predicted molar refractivity (Wildman–Crippen MR) is 76.3 cm³/mol. The lowest BCUT2D eigenvalue weighted by atomic mass is 10.1. The fourth-order valence-corrected chi connectivity index (χ4v) is 1.87. The van der Waals surface area contributed by atoms with Crippen LogP contribution in [0.5, 0.6) is 0 Å². The molecule has 2 aromatic rings. The van der Waals surface area contributed by atoms with E-state index in [2.05, 4.69) is 41.2 Å². The molecule has 0 atom stereocenters. The van der Waals surface area contributed by atoms with Crippen molar-refractivity contribution in [3.8, 4) is 0 Å². The van der Waals surface area contributed by atoms with Crippen molar-refractivity contribution in [2.45, 2.75) is 20.3 Å². The molecule has 1 aromatic carbocycles. The number of nitrogens with one attached hydrogen (secondary N) is 1. The first-order chi connectivity index (χ1) is 8.06. The van der Waals surface area contributed by atoms with Crippen LogP contribution in [0.2, 0.25) is 0 Å². The van der Waals surface area contributed by atoms with Crippen molar-refractivity contribution in [1.29, 1.82) is 0 Å². The summed E-state index contributed by atoms with van der Waals surface area (Å²) in [4.78, 5) is 18.8. The molecular formula is C13H13IN2O. The van der Waals surface area contributed by atoms with E-state index in [9.17, 15) is 4.79 Å². The average molecular weight is 340 g/mol. The summed E-state index contributed by atoms with van der Waals surface area (Å²) >= 11 is 2.01. The Bertz CT molecular complexity index is 587. The molecule has 0 bridgehead atoms. The Morgan fingerprint density at radius 1 is 1.24 bits per heavy atom. The Labute approximate surface area is 113 Å². The number of aryl methyl sites for hydroxylation is 2. The first kappa shape index (κ1) is 12.3. The molecule has 0 amide bonds. The van der Waals surface area contributed by atoms with E-state index < -0.39 is 0 Å². The number of aromatic nitrogens is 2. The molecule has 0 fully saturated rings. The second kappa shape index (κ2) is 5.00. The number of hydrogen-bond acceptors (Lipinski definition) is 2. The summed E-state index contributed by atoms with van der Waals surface area (Å²) < 4.78 is 0.662. The quantitative estimate of drug-likeness (QED) is 0.855. The van der Waals surface area contributed by atoms with E-state index in [1.807, 2.05) is 29.5 Å². The van der Waals surface area contributed by atoms with Gasteiger partial charge >= 0.3 is 0 Å². The Balaban J connectivity index is 2.30. The molecule has 4 heteroatoms. The zero-order chi connectivity index (χ0) is 12.4. The molecule has 1 N–H and O–H groups in total. The van der Waals surface area contributed by atoms with E-state index in [-0.39, 0.29) is 5.56 Å².